The zero-order chi connectivity index (χ0) is 22.9. The number of nitrogens with one attached hydrogen (secondary N) is 2. The Bertz CT molecular complexity index is 1150. The fourth-order valence-electron chi connectivity index (χ4n) is 2.49. The van der Waals surface area contributed by atoms with Gasteiger partial charge >= 0.3 is 5.97 Å². The average molecular weight is 562 g/mol. The van der Waals surface area contributed by atoms with Crippen molar-refractivity contribution in [2.24, 2.45) is 5.10 Å². The molecule has 0 aromatic heterocycles. The van der Waals surface area contributed by atoms with E-state index >= 15 is 0 Å². The summed E-state index contributed by atoms with van der Waals surface area (Å²) in [5.41, 5.74) is 3.91. The highest BCUT2D eigenvalue weighted by molar-refractivity contribution is 14.1. The summed E-state index contributed by atoms with van der Waals surface area (Å²) in [6.45, 7) is -0.208. The molecule has 0 radical (unpaired) electrons. The maximum absolute atomic E-state index is 12.1. The lowest BCUT2D eigenvalue weighted by Crippen LogP contribution is -2.35. The van der Waals surface area contributed by atoms with Gasteiger partial charge in [0.25, 0.3) is 11.8 Å². The molecule has 3 aromatic carbocycles. The van der Waals surface area contributed by atoms with Gasteiger partial charge in [-0.2, -0.15) is 5.10 Å². The predicted molar refractivity (Wildman–Crippen MR) is 130 cm³/mol. The molecule has 32 heavy (non-hydrogen) atoms. The molecule has 0 heterocycles. The van der Waals surface area contributed by atoms with Gasteiger partial charge in [-0.05, 0) is 88.8 Å². The monoisotopic (exact) mass is 561 g/mol. The molecule has 0 aliphatic carbocycles. The van der Waals surface area contributed by atoms with Crippen LogP contribution < -0.4 is 15.5 Å². The first-order valence-corrected chi connectivity index (χ1v) is 10.8. The smallest absolute Gasteiger partial charge is 0.343 e. The van der Waals surface area contributed by atoms with Crippen LogP contribution in [0.2, 0.25) is 5.02 Å². The molecule has 0 saturated heterocycles. The van der Waals surface area contributed by atoms with Crippen molar-refractivity contribution in [2.75, 3.05) is 6.54 Å². The molecule has 0 aliphatic rings. The summed E-state index contributed by atoms with van der Waals surface area (Å²) in [7, 11) is 0. The number of carbonyl (C=O) groups is 3. The third kappa shape index (κ3) is 6.89. The van der Waals surface area contributed by atoms with Crippen molar-refractivity contribution < 1.29 is 19.1 Å². The highest BCUT2D eigenvalue weighted by atomic mass is 127. The van der Waals surface area contributed by atoms with E-state index in [1.54, 1.807) is 60.7 Å². The van der Waals surface area contributed by atoms with Crippen LogP contribution in [0.1, 0.15) is 26.3 Å². The average Bonchev–Trinajstić information content (AvgIpc) is 2.79. The Kier molecular flexibility index (Phi) is 8.34. The second-order valence-corrected chi connectivity index (χ2v) is 8.02. The van der Waals surface area contributed by atoms with Gasteiger partial charge in [-0.3, -0.25) is 9.59 Å². The second-order valence-electron chi connectivity index (χ2n) is 6.42. The number of hydrogen-bond donors (Lipinski definition) is 2. The molecule has 2 N–H and O–H groups in total. The SMILES string of the molecule is O=C(CNC(=O)c1ccccc1I)N/N=C/c1ccc(OC(=O)c2ccc(Cl)cc2)cc1. The summed E-state index contributed by atoms with van der Waals surface area (Å²) >= 11 is 7.87. The lowest BCUT2D eigenvalue weighted by atomic mass is 10.2. The van der Waals surface area contributed by atoms with Gasteiger partial charge in [0.05, 0.1) is 23.9 Å². The van der Waals surface area contributed by atoms with Crippen LogP contribution in [-0.2, 0) is 4.79 Å². The Morgan fingerprint density at radius 2 is 1.66 bits per heavy atom. The summed E-state index contributed by atoms with van der Waals surface area (Å²) < 4.78 is 6.09. The molecule has 0 bridgehead atoms. The van der Waals surface area contributed by atoms with Crippen molar-refractivity contribution in [3.63, 3.8) is 0 Å². The number of ether oxygens (including phenoxy) is 1. The van der Waals surface area contributed by atoms with Gasteiger partial charge in [0.15, 0.2) is 0 Å². The van der Waals surface area contributed by atoms with Gasteiger partial charge in [-0.15, -0.1) is 0 Å². The number of benzene rings is 3. The fraction of sp³-hybridized carbons (Fsp3) is 0.0435. The van der Waals surface area contributed by atoms with Crippen LogP contribution in [0.25, 0.3) is 0 Å². The van der Waals surface area contributed by atoms with Crippen LogP contribution in [0.4, 0.5) is 0 Å². The summed E-state index contributed by atoms with van der Waals surface area (Å²) in [6, 6.07) is 20.0. The van der Waals surface area contributed by atoms with E-state index in [0.717, 1.165) is 3.57 Å². The molecule has 0 spiro atoms. The Labute approximate surface area is 202 Å². The van der Waals surface area contributed by atoms with Crippen LogP contribution >= 0.6 is 34.2 Å². The molecular formula is C23H17ClIN3O4. The third-order valence-electron chi connectivity index (χ3n) is 4.10. The molecule has 0 aliphatic heterocycles. The number of amides is 2. The molecule has 3 aromatic rings. The van der Waals surface area contributed by atoms with Crippen molar-refractivity contribution in [3.05, 3.63) is 98.1 Å². The van der Waals surface area contributed by atoms with Crippen molar-refractivity contribution in [3.8, 4) is 5.75 Å². The van der Waals surface area contributed by atoms with E-state index < -0.39 is 11.9 Å². The number of halogens is 2. The highest BCUT2D eigenvalue weighted by Crippen LogP contribution is 2.15. The first-order valence-electron chi connectivity index (χ1n) is 9.35. The Morgan fingerprint density at radius 3 is 2.34 bits per heavy atom. The van der Waals surface area contributed by atoms with Crippen molar-refractivity contribution >= 4 is 58.2 Å². The molecule has 2 amide bonds. The zero-order valence-corrected chi connectivity index (χ0v) is 19.5. The first-order chi connectivity index (χ1) is 15.4. The molecule has 162 valence electrons. The molecular weight excluding hydrogens is 545 g/mol. The maximum Gasteiger partial charge on any atom is 0.343 e. The number of rotatable bonds is 7. The standard InChI is InChI=1S/C23H17ClIN3O4/c24-17-9-7-16(8-10-17)23(31)32-18-11-5-15(6-12-18)13-27-28-21(29)14-26-22(30)19-3-1-2-4-20(19)25/h1-13H,14H2,(H,26,30)(H,28,29)/b27-13+. The summed E-state index contributed by atoms with van der Waals surface area (Å²) in [5.74, 6) is -0.932. The topological polar surface area (TPSA) is 96.9 Å². The molecule has 0 fully saturated rings. The highest BCUT2D eigenvalue weighted by Gasteiger charge is 2.10. The number of carbonyl (C=O) groups excluding carboxylic acids is 3. The molecule has 0 unspecified atom stereocenters. The van der Waals surface area contributed by atoms with Crippen LogP contribution in [0.5, 0.6) is 5.75 Å². The van der Waals surface area contributed by atoms with Crippen molar-refractivity contribution in [2.45, 2.75) is 0 Å². The first kappa shape index (κ1) is 23.4. The van der Waals surface area contributed by atoms with Crippen molar-refractivity contribution in [1.82, 2.24) is 10.7 Å². The van der Waals surface area contributed by atoms with E-state index in [0.29, 0.717) is 27.5 Å². The number of hydrogen-bond acceptors (Lipinski definition) is 5. The molecule has 7 nitrogen and oxygen atoms in total. The van der Waals surface area contributed by atoms with E-state index in [9.17, 15) is 14.4 Å². The molecule has 0 atom stereocenters. The molecule has 0 saturated carbocycles. The van der Waals surface area contributed by atoms with Gasteiger partial charge in [0.2, 0.25) is 0 Å². The lowest BCUT2D eigenvalue weighted by Gasteiger charge is -2.06. The maximum atomic E-state index is 12.1. The molecule has 3 rings (SSSR count). The largest absolute Gasteiger partial charge is 0.423 e. The van der Waals surface area contributed by atoms with E-state index in [1.807, 2.05) is 12.1 Å². The summed E-state index contributed by atoms with van der Waals surface area (Å²) in [5, 5.41) is 6.94. The fourth-order valence-corrected chi connectivity index (χ4v) is 3.25. The van der Waals surface area contributed by atoms with Gasteiger partial charge < -0.3 is 10.1 Å². The Balaban J connectivity index is 1.45. The van der Waals surface area contributed by atoms with E-state index in [4.69, 9.17) is 16.3 Å². The van der Waals surface area contributed by atoms with E-state index in [1.165, 1.54) is 6.21 Å². The van der Waals surface area contributed by atoms with Gasteiger partial charge in [0.1, 0.15) is 5.75 Å². The van der Waals surface area contributed by atoms with Gasteiger partial charge in [0, 0.05) is 8.59 Å². The predicted octanol–water partition coefficient (Wildman–Crippen LogP) is 4.04. The van der Waals surface area contributed by atoms with Crippen LogP contribution in [0.3, 0.4) is 0 Å². The Morgan fingerprint density at radius 1 is 0.969 bits per heavy atom. The Hall–Kier alpha value is -3.24. The number of esters is 1. The number of nitrogens with zero attached hydrogens (tertiary/aromatic N) is 1. The summed E-state index contributed by atoms with van der Waals surface area (Å²) in [4.78, 5) is 36.1. The van der Waals surface area contributed by atoms with Crippen molar-refractivity contribution in [1.29, 1.82) is 0 Å². The quantitative estimate of drug-likeness (QED) is 0.150. The number of hydrazone groups is 1. The van der Waals surface area contributed by atoms with Crippen LogP contribution in [0, 0.1) is 3.57 Å². The zero-order valence-electron chi connectivity index (χ0n) is 16.5. The second kappa shape index (κ2) is 11.4. The minimum atomic E-state index is -0.498. The minimum absolute atomic E-state index is 0.208. The molecule has 9 heteroatoms. The van der Waals surface area contributed by atoms with E-state index in [2.05, 4.69) is 38.4 Å². The van der Waals surface area contributed by atoms with E-state index in [-0.39, 0.29) is 12.5 Å². The van der Waals surface area contributed by atoms with Crippen LogP contribution in [0.15, 0.2) is 77.9 Å². The minimum Gasteiger partial charge on any atom is -0.423 e. The summed E-state index contributed by atoms with van der Waals surface area (Å²) in [6.07, 6.45) is 1.44. The van der Waals surface area contributed by atoms with Gasteiger partial charge in [-0.25, -0.2) is 10.2 Å². The normalized spacial score (nSPS) is 10.6. The van der Waals surface area contributed by atoms with Gasteiger partial charge in [-0.1, -0.05) is 23.7 Å². The van der Waals surface area contributed by atoms with Crippen LogP contribution in [-0.4, -0.2) is 30.5 Å². The lowest BCUT2D eigenvalue weighted by molar-refractivity contribution is -0.120. The third-order valence-corrected chi connectivity index (χ3v) is 5.29.